The van der Waals surface area contributed by atoms with Gasteiger partial charge < -0.3 is 10.2 Å². The SMILES string of the molecule is CCCn1ncnc1CN1CCNC(C)(C)C1=O. The van der Waals surface area contributed by atoms with Gasteiger partial charge in [0.25, 0.3) is 0 Å². The van der Waals surface area contributed by atoms with Gasteiger partial charge in [-0.25, -0.2) is 9.67 Å². The van der Waals surface area contributed by atoms with Gasteiger partial charge in [0.05, 0.1) is 12.1 Å². The minimum absolute atomic E-state index is 0.125. The first-order valence-corrected chi connectivity index (χ1v) is 6.45. The summed E-state index contributed by atoms with van der Waals surface area (Å²) in [5, 5.41) is 7.41. The van der Waals surface area contributed by atoms with Gasteiger partial charge in [0.15, 0.2) is 0 Å². The van der Waals surface area contributed by atoms with Crippen molar-refractivity contribution in [3.05, 3.63) is 12.2 Å². The van der Waals surface area contributed by atoms with E-state index in [2.05, 4.69) is 22.3 Å². The van der Waals surface area contributed by atoms with E-state index < -0.39 is 5.54 Å². The molecule has 0 radical (unpaired) electrons. The average molecular weight is 251 g/mol. The summed E-state index contributed by atoms with van der Waals surface area (Å²) < 4.78 is 1.88. The molecule has 18 heavy (non-hydrogen) atoms. The average Bonchev–Trinajstić information content (AvgIpc) is 2.73. The molecular formula is C12H21N5O. The number of piperazine rings is 1. The van der Waals surface area contributed by atoms with Gasteiger partial charge in [0.2, 0.25) is 5.91 Å². The van der Waals surface area contributed by atoms with E-state index in [1.807, 2.05) is 23.4 Å². The smallest absolute Gasteiger partial charge is 0.242 e. The van der Waals surface area contributed by atoms with E-state index in [0.29, 0.717) is 6.54 Å². The monoisotopic (exact) mass is 251 g/mol. The summed E-state index contributed by atoms with van der Waals surface area (Å²) in [6.07, 6.45) is 2.57. The Morgan fingerprint density at radius 2 is 2.28 bits per heavy atom. The molecule has 1 aromatic rings. The van der Waals surface area contributed by atoms with Crippen LogP contribution >= 0.6 is 0 Å². The molecule has 6 nitrogen and oxygen atoms in total. The van der Waals surface area contributed by atoms with Crippen LogP contribution in [0.25, 0.3) is 0 Å². The van der Waals surface area contributed by atoms with Crippen LogP contribution in [-0.4, -0.2) is 44.2 Å². The number of amides is 1. The van der Waals surface area contributed by atoms with Crippen LogP contribution in [0.1, 0.15) is 33.0 Å². The van der Waals surface area contributed by atoms with Crippen molar-refractivity contribution in [3.8, 4) is 0 Å². The van der Waals surface area contributed by atoms with Crippen molar-refractivity contribution in [3.63, 3.8) is 0 Å². The molecule has 1 aliphatic heterocycles. The second kappa shape index (κ2) is 5.06. The fraction of sp³-hybridized carbons (Fsp3) is 0.750. The first-order chi connectivity index (χ1) is 8.54. The number of nitrogens with zero attached hydrogens (tertiary/aromatic N) is 4. The van der Waals surface area contributed by atoms with Gasteiger partial charge >= 0.3 is 0 Å². The summed E-state index contributed by atoms with van der Waals surface area (Å²) in [4.78, 5) is 18.4. The van der Waals surface area contributed by atoms with E-state index in [4.69, 9.17) is 0 Å². The molecule has 6 heteroatoms. The van der Waals surface area contributed by atoms with E-state index in [0.717, 1.165) is 31.9 Å². The highest BCUT2D eigenvalue weighted by molar-refractivity contribution is 5.86. The zero-order valence-corrected chi connectivity index (χ0v) is 11.3. The largest absolute Gasteiger partial charge is 0.332 e. The third-order valence-corrected chi connectivity index (χ3v) is 3.23. The van der Waals surface area contributed by atoms with Gasteiger partial charge in [-0.2, -0.15) is 5.10 Å². The van der Waals surface area contributed by atoms with Crippen LogP contribution in [0.2, 0.25) is 0 Å². The maximum Gasteiger partial charge on any atom is 0.242 e. The summed E-state index contributed by atoms with van der Waals surface area (Å²) in [6, 6.07) is 0. The second-order valence-corrected chi connectivity index (χ2v) is 5.18. The van der Waals surface area contributed by atoms with Gasteiger partial charge in [0.1, 0.15) is 12.2 Å². The maximum absolute atomic E-state index is 12.2. The van der Waals surface area contributed by atoms with Crippen molar-refractivity contribution in [2.75, 3.05) is 13.1 Å². The molecule has 0 unspecified atom stereocenters. The zero-order valence-electron chi connectivity index (χ0n) is 11.3. The molecule has 100 valence electrons. The van der Waals surface area contributed by atoms with E-state index in [9.17, 15) is 4.79 Å². The van der Waals surface area contributed by atoms with Crippen molar-refractivity contribution >= 4 is 5.91 Å². The lowest BCUT2D eigenvalue weighted by molar-refractivity contribution is -0.140. The number of carbonyl (C=O) groups excluding carboxylic acids is 1. The summed E-state index contributed by atoms with van der Waals surface area (Å²) in [6.45, 7) is 8.87. The van der Waals surface area contributed by atoms with Gasteiger partial charge in [-0.05, 0) is 20.3 Å². The summed E-state index contributed by atoms with van der Waals surface area (Å²) in [5.74, 6) is 0.989. The Bertz CT molecular complexity index is 426. The molecule has 0 aliphatic carbocycles. The third kappa shape index (κ3) is 2.53. The van der Waals surface area contributed by atoms with E-state index in [1.165, 1.54) is 0 Å². The number of aromatic nitrogens is 3. The number of aryl methyl sites for hydroxylation is 1. The Morgan fingerprint density at radius 1 is 1.50 bits per heavy atom. The first-order valence-electron chi connectivity index (χ1n) is 6.45. The van der Waals surface area contributed by atoms with Gasteiger partial charge in [-0.1, -0.05) is 6.92 Å². The molecule has 1 amide bonds. The van der Waals surface area contributed by atoms with Gasteiger partial charge in [-0.3, -0.25) is 4.79 Å². The van der Waals surface area contributed by atoms with E-state index in [1.54, 1.807) is 6.33 Å². The Kier molecular flexibility index (Phi) is 3.65. The summed E-state index contributed by atoms with van der Waals surface area (Å²) in [7, 11) is 0. The predicted molar refractivity (Wildman–Crippen MR) is 67.8 cm³/mol. The second-order valence-electron chi connectivity index (χ2n) is 5.18. The predicted octanol–water partition coefficient (Wildman–Crippen LogP) is 0.398. The quantitative estimate of drug-likeness (QED) is 0.841. The van der Waals surface area contributed by atoms with Crippen molar-refractivity contribution in [2.45, 2.75) is 45.8 Å². The van der Waals surface area contributed by atoms with Crippen molar-refractivity contribution < 1.29 is 4.79 Å². The number of carbonyl (C=O) groups is 1. The summed E-state index contributed by atoms with van der Waals surface area (Å²) >= 11 is 0. The Morgan fingerprint density at radius 3 is 3.00 bits per heavy atom. The van der Waals surface area contributed by atoms with Crippen molar-refractivity contribution in [2.24, 2.45) is 0 Å². The molecule has 0 bridgehead atoms. The molecule has 2 rings (SSSR count). The zero-order chi connectivity index (χ0) is 13.2. The standard InChI is InChI=1S/C12H21N5O/c1-4-6-17-10(13-9-15-17)8-16-7-5-14-12(2,3)11(16)18/h9,14H,4-8H2,1-3H3. The highest BCUT2D eigenvalue weighted by atomic mass is 16.2. The molecule has 0 spiro atoms. The number of rotatable bonds is 4. The molecular weight excluding hydrogens is 230 g/mol. The number of hydrogen-bond acceptors (Lipinski definition) is 4. The molecule has 1 saturated heterocycles. The molecule has 1 aliphatic rings. The maximum atomic E-state index is 12.2. The summed E-state index contributed by atoms with van der Waals surface area (Å²) in [5.41, 5.74) is -0.478. The Labute approximate surface area is 107 Å². The Balaban J connectivity index is 2.08. The van der Waals surface area contributed by atoms with Gasteiger partial charge in [-0.15, -0.1) is 0 Å². The molecule has 0 saturated carbocycles. The van der Waals surface area contributed by atoms with Crippen LogP contribution < -0.4 is 5.32 Å². The molecule has 0 aromatic carbocycles. The van der Waals surface area contributed by atoms with Crippen LogP contribution in [0.3, 0.4) is 0 Å². The lowest BCUT2D eigenvalue weighted by Gasteiger charge is -2.37. The lowest BCUT2D eigenvalue weighted by atomic mass is 10.0. The molecule has 1 N–H and O–H groups in total. The molecule has 1 fully saturated rings. The third-order valence-electron chi connectivity index (χ3n) is 3.23. The Hall–Kier alpha value is -1.43. The van der Waals surface area contributed by atoms with Crippen molar-refractivity contribution in [1.29, 1.82) is 0 Å². The highest BCUT2D eigenvalue weighted by Gasteiger charge is 2.35. The first kappa shape index (κ1) is 13.0. The van der Waals surface area contributed by atoms with Crippen LogP contribution in [0.4, 0.5) is 0 Å². The van der Waals surface area contributed by atoms with Crippen LogP contribution in [0.15, 0.2) is 6.33 Å². The minimum Gasteiger partial charge on any atom is -0.332 e. The van der Waals surface area contributed by atoms with Gasteiger partial charge in [0, 0.05) is 19.6 Å². The van der Waals surface area contributed by atoms with Crippen LogP contribution in [-0.2, 0) is 17.9 Å². The van der Waals surface area contributed by atoms with E-state index >= 15 is 0 Å². The fourth-order valence-corrected chi connectivity index (χ4v) is 2.21. The lowest BCUT2D eigenvalue weighted by Crippen LogP contribution is -2.60. The highest BCUT2D eigenvalue weighted by Crippen LogP contribution is 2.14. The topological polar surface area (TPSA) is 63.1 Å². The van der Waals surface area contributed by atoms with Crippen LogP contribution in [0.5, 0.6) is 0 Å². The number of nitrogens with one attached hydrogen (secondary N) is 1. The minimum atomic E-state index is -0.478. The molecule has 2 heterocycles. The molecule has 1 aromatic heterocycles. The number of hydrogen-bond donors (Lipinski definition) is 1. The van der Waals surface area contributed by atoms with E-state index in [-0.39, 0.29) is 5.91 Å². The van der Waals surface area contributed by atoms with Crippen molar-refractivity contribution in [1.82, 2.24) is 25.0 Å². The molecule has 0 atom stereocenters. The normalized spacial score (nSPS) is 19.3. The fourth-order valence-electron chi connectivity index (χ4n) is 2.21. The van der Waals surface area contributed by atoms with Crippen LogP contribution in [0, 0.1) is 0 Å².